The third-order valence-electron chi connectivity index (χ3n) is 15.7. The van der Waals surface area contributed by atoms with Crippen molar-refractivity contribution in [3.63, 3.8) is 0 Å². The first kappa shape index (κ1) is 84.1. The summed E-state index contributed by atoms with van der Waals surface area (Å²) in [6, 6.07) is 0. The maximum Gasteiger partial charge on any atom is 0.472 e. The summed E-state index contributed by atoms with van der Waals surface area (Å²) in [5.41, 5.74) is 0. The van der Waals surface area contributed by atoms with E-state index in [4.69, 9.17) is 37.0 Å². The van der Waals surface area contributed by atoms with Crippen LogP contribution in [-0.2, 0) is 65.4 Å². The summed E-state index contributed by atoms with van der Waals surface area (Å²) in [4.78, 5) is 72.4. The van der Waals surface area contributed by atoms with Crippen LogP contribution < -0.4 is 0 Å². The van der Waals surface area contributed by atoms with Gasteiger partial charge in [-0.2, -0.15) is 0 Å². The molecule has 17 nitrogen and oxygen atoms in total. The molecule has 0 aromatic carbocycles. The van der Waals surface area contributed by atoms with E-state index >= 15 is 0 Å². The molecule has 510 valence electrons. The molecular formula is C67H130O17P2. The van der Waals surface area contributed by atoms with Crippen molar-refractivity contribution in [2.45, 2.75) is 343 Å². The van der Waals surface area contributed by atoms with Gasteiger partial charge < -0.3 is 33.8 Å². The highest BCUT2D eigenvalue weighted by atomic mass is 31.2. The Hall–Kier alpha value is -1.94. The molecule has 0 aliphatic carbocycles. The molecule has 0 saturated carbocycles. The molecule has 0 fully saturated rings. The van der Waals surface area contributed by atoms with Gasteiger partial charge in [0.15, 0.2) is 12.2 Å². The number of carbonyl (C=O) groups is 4. The summed E-state index contributed by atoms with van der Waals surface area (Å²) in [5, 5.41) is 10.6. The Morgan fingerprint density at radius 2 is 0.558 bits per heavy atom. The molecule has 0 aromatic rings. The summed E-state index contributed by atoms with van der Waals surface area (Å²) in [5.74, 6) is 0.808. The lowest BCUT2D eigenvalue weighted by Crippen LogP contribution is -2.30. The maximum atomic E-state index is 13.0. The highest BCUT2D eigenvalue weighted by Crippen LogP contribution is 2.45. The molecule has 3 N–H and O–H groups in total. The van der Waals surface area contributed by atoms with Gasteiger partial charge in [-0.25, -0.2) is 9.13 Å². The highest BCUT2D eigenvalue weighted by Gasteiger charge is 2.30. The number of unbranched alkanes of at least 4 members (excludes halogenated alkanes) is 29. The zero-order chi connectivity index (χ0) is 63.9. The SMILES string of the molecule is CCC(C)CCCCCCCCCCC(=O)O[C@H](COC(=O)CCCCCCCCCCCC(C)C)COP(=O)(O)OC[C@@H](O)COP(=O)(O)OC[C@@H](COC(=O)CCCCCCCCC(C)C)OC(=O)CCCCCCCCCCCCC(C)C. The van der Waals surface area contributed by atoms with E-state index in [2.05, 4.69) is 55.4 Å². The van der Waals surface area contributed by atoms with Crippen LogP contribution in [0.3, 0.4) is 0 Å². The van der Waals surface area contributed by atoms with Crippen molar-refractivity contribution >= 4 is 39.5 Å². The number of hydrogen-bond acceptors (Lipinski definition) is 15. The molecule has 0 radical (unpaired) electrons. The van der Waals surface area contributed by atoms with Gasteiger partial charge in [-0.3, -0.25) is 37.3 Å². The average molecular weight is 1270 g/mol. The quantitative estimate of drug-likeness (QED) is 0.0222. The Labute approximate surface area is 524 Å². The lowest BCUT2D eigenvalue weighted by atomic mass is 9.99. The van der Waals surface area contributed by atoms with Gasteiger partial charge in [0.25, 0.3) is 0 Å². The lowest BCUT2D eigenvalue weighted by Gasteiger charge is -2.21. The number of esters is 4. The third kappa shape index (κ3) is 59.7. The molecule has 86 heavy (non-hydrogen) atoms. The van der Waals surface area contributed by atoms with Crippen LogP contribution in [-0.4, -0.2) is 96.7 Å². The van der Waals surface area contributed by atoms with Crippen molar-refractivity contribution in [3.05, 3.63) is 0 Å². The minimum atomic E-state index is -4.95. The zero-order valence-corrected chi connectivity index (χ0v) is 57.7. The monoisotopic (exact) mass is 1270 g/mol. The Bertz CT molecular complexity index is 1720. The second-order valence-corrected chi connectivity index (χ2v) is 28.8. The van der Waals surface area contributed by atoms with Crippen molar-refractivity contribution in [3.8, 4) is 0 Å². The van der Waals surface area contributed by atoms with Gasteiger partial charge in [0.2, 0.25) is 0 Å². The third-order valence-corrected chi connectivity index (χ3v) is 17.6. The first-order chi connectivity index (χ1) is 41.1. The van der Waals surface area contributed by atoms with Crippen LogP contribution in [0, 0.1) is 23.7 Å². The van der Waals surface area contributed by atoms with Crippen molar-refractivity contribution in [1.29, 1.82) is 0 Å². The van der Waals surface area contributed by atoms with Crippen molar-refractivity contribution in [2.75, 3.05) is 39.6 Å². The minimum Gasteiger partial charge on any atom is -0.462 e. The topological polar surface area (TPSA) is 237 Å². The fraction of sp³-hybridized carbons (Fsp3) is 0.940. The van der Waals surface area contributed by atoms with Crippen LogP contribution in [0.25, 0.3) is 0 Å². The number of hydrogen-bond donors (Lipinski definition) is 3. The van der Waals surface area contributed by atoms with Crippen molar-refractivity contribution in [1.82, 2.24) is 0 Å². The van der Waals surface area contributed by atoms with Crippen LogP contribution in [0.2, 0.25) is 0 Å². The number of phosphoric ester groups is 2. The van der Waals surface area contributed by atoms with Gasteiger partial charge in [-0.05, 0) is 49.4 Å². The lowest BCUT2D eigenvalue weighted by molar-refractivity contribution is -0.161. The van der Waals surface area contributed by atoms with E-state index in [-0.39, 0.29) is 25.7 Å². The Morgan fingerprint density at radius 3 is 0.826 bits per heavy atom. The summed E-state index contributed by atoms with van der Waals surface area (Å²) in [6.07, 6.45) is 37.6. The molecule has 0 aromatic heterocycles. The smallest absolute Gasteiger partial charge is 0.462 e. The summed E-state index contributed by atoms with van der Waals surface area (Å²) in [7, 11) is -9.90. The van der Waals surface area contributed by atoms with E-state index in [1.165, 1.54) is 122 Å². The molecular weight excluding hydrogens is 1140 g/mol. The van der Waals surface area contributed by atoms with E-state index < -0.39 is 97.5 Å². The van der Waals surface area contributed by atoms with Crippen molar-refractivity contribution < 1.29 is 80.2 Å². The number of ether oxygens (including phenoxy) is 4. The van der Waals surface area contributed by atoms with Gasteiger partial charge in [0.05, 0.1) is 26.4 Å². The zero-order valence-electron chi connectivity index (χ0n) is 55.9. The second-order valence-electron chi connectivity index (χ2n) is 25.9. The van der Waals surface area contributed by atoms with E-state index in [0.717, 1.165) is 114 Å². The standard InChI is InChI=1S/C67H130O17P2/c1-9-60(8)46-38-30-21-17-18-24-34-42-50-67(72)84-62(53-77-64(69)47-39-31-22-16-12-14-20-28-36-44-58(4)5)55-81-85(73,74)79-51-61(68)52-80-86(75,76)82-56-63(54-78-65(70)48-40-32-26-25-29-37-45-59(6)7)83-66(71)49-41-33-23-15-11-10-13-19-27-35-43-57(2)3/h57-63,68H,9-56H2,1-8H3,(H,73,74)(H,75,76)/t60?,61-,62-,63-/m1/s1. The second kappa shape index (κ2) is 57.0. The van der Waals surface area contributed by atoms with Gasteiger partial charge >= 0.3 is 39.5 Å². The molecule has 0 rings (SSSR count). The van der Waals surface area contributed by atoms with Gasteiger partial charge in [0.1, 0.15) is 19.3 Å². The van der Waals surface area contributed by atoms with Crippen molar-refractivity contribution in [2.24, 2.45) is 23.7 Å². The molecule has 0 amide bonds. The Kier molecular flexibility index (Phi) is 55.7. The van der Waals surface area contributed by atoms with Crippen LogP contribution in [0.4, 0.5) is 0 Å². The predicted octanol–water partition coefficient (Wildman–Crippen LogP) is 18.5. The molecule has 0 aliphatic heterocycles. The van der Waals surface area contributed by atoms with Gasteiger partial charge in [-0.1, -0.05) is 274 Å². The maximum absolute atomic E-state index is 13.0. The molecule has 0 saturated heterocycles. The molecule has 0 aliphatic rings. The molecule has 0 spiro atoms. The summed E-state index contributed by atoms with van der Waals surface area (Å²) in [6.45, 7) is 14.0. The van der Waals surface area contributed by atoms with E-state index in [0.29, 0.717) is 31.6 Å². The van der Waals surface area contributed by atoms with Crippen LogP contribution in [0.15, 0.2) is 0 Å². The Balaban J connectivity index is 5.26. The number of rotatable bonds is 64. The first-order valence-corrected chi connectivity index (χ1v) is 37.7. The molecule has 3 unspecified atom stereocenters. The van der Waals surface area contributed by atoms with Crippen LogP contribution in [0.1, 0.15) is 325 Å². The predicted molar refractivity (Wildman–Crippen MR) is 344 cm³/mol. The number of carbonyl (C=O) groups excluding carboxylic acids is 4. The average Bonchev–Trinajstić information content (AvgIpc) is 3.66. The fourth-order valence-electron chi connectivity index (χ4n) is 9.93. The number of aliphatic hydroxyl groups excluding tert-OH is 1. The summed E-state index contributed by atoms with van der Waals surface area (Å²) >= 11 is 0. The van der Waals surface area contributed by atoms with Gasteiger partial charge in [-0.15, -0.1) is 0 Å². The normalized spacial score (nSPS) is 14.7. The molecule has 0 heterocycles. The Morgan fingerprint density at radius 1 is 0.326 bits per heavy atom. The fourth-order valence-corrected chi connectivity index (χ4v) is 11.5. The number of aliphatic hydroxyl groups is 1. The van der Waals surface area contributed by atoms with E-state index in [9.17, 15) is 43.2 Å². The molecule has 19 heteroatoms. The van der Waals surface area contributed by atoms with Gasteiger partial charge in [0, 0.05) is 25.7 Å². The minimum absolute atomic E-state index is 0.104. The van der Waals surface area contributed by atoms with Crippen LogP contribution >= 0.6 is 15.6 Å². The summed E-state index contributed by atoms with van der Waals surface area (Å²) < 4.78 is 68.1. The molecule has 0 bridgehead atoms. The van der Waals surface area contributed by atoms with E-state index in [1.54, 1.807) is 0 Å². The molecule has 6 atom stereocenters. The number of phosphoric acid groups is 2. The van der Waals surface area contributed by atoms with Crippen LogP contribution in [0.5, 0.6) is 0 Å². The largest absolute Gasteiger partial charge is 0.472 e. The van der Waals surface area contributed by atoms with E-state index in [1.807, 2.05) is 0 Å². The highest BCUT2D eigenvalue weighted by molar-refractivity contribution is 7.47. The first-order valence-electron chi connectivity index (χ1n) is 34.7.